The topological polar surface area (TPSA) is 89.7 Å². The molecule has 8 heteroatoms. The largest absolute Gasteiger partial charge is 0.493 e. The van der Waals surface area contributed by atoms with Crippen LogP contribution in [0.15, 0.2) is 22.7 Å². The third-order valence-corrected chi connectivity index (χ3v) is 5.21. The minimum absolute atomic E-state index is 0.00338. The molecule has 27 heavy (non-hydrogen) atoms. The molecule has 144 valence electrons. The number of likely N-dealkylation sites (tertiary alicyclic amines) is 1. The Balaban J connectivity index is 1.50. The predicted octanol–water partition coefficient (Wildman–Crippen LogP) is 1.11. The van der Waals surface area contributed by atoms with Crippen molar-refractivity contribution in [3.05, 3.63) is 41.0 Å². The normalized spacial score (nSPS) is 21.9. The van der Waals surface area contributed by atoms with Gasteiger partial charge in [-0.25, -0.2) is 0 Å². The number of methoxy groups -OCH3 is 1. The number of rotatable bonds is 6. The summed E-state index contributed by atoms with van der Waals surface area (Å²) in [5.74, 6) is 1.64. The van der Waals surface area contributed by atoms with Gasteiger partial charge in [0.2, 0.25) is 11.8 Å². The first-order chi connectivity index (χ1) is 13.2. The molecule has 1 fully saturated rings. The molecule has 1 aromatic carbocycles. The van der Waals surface area contributed by atoms with Crippen molar-refractivity contribution in [2.45, 2.75) is 25.5 Å². The highest BCUT2D eigenvalue weighted by molar-refractivity contribution is 5.80. The van der Waals surface area contributed by atoms with Crippen LogP contribution in [-0.2, 0) is 29.1 Å². The SMILES string of the molecule is CNC(=O)C1CN(Cc2ccc3c(c2)CCO3)CC1c1nc(COC)no1. The number of amides is 1. The average Bonchev–Trinajstić information content (AvgIpc) is 3.40. The van der Waals surface area contributed by atoms with E-state index in [9.17, 15) is 4.79 Å². The molecule has 2 aliphatic rings. The van der Waals surface area contributed by atoms with Gasteiger partial charge in [0.25, 0.3) is 0 Å². The molecule has 4 rings (SSSR count). The van der Waals surface area contributed by atoms with E-state index in [1.54, 1.807) is 14.2 Å². The summed E-state index contributed by atoms with van der Waals surface area (Å²) < 4.78 is 16.1. The molecule has 0 spiro atoms. The molecular weight excluding hydrogens is 348 g/mol. The number of hydrogen-bond acceptors (Lipinski definition) is 7. The van der Waals surface area contributed by atoms with Gasteiger partial charge in [-0.15, -0.1) is 0 Å². The van der Waals surface area contributed by atoms with Crippen molar-refractivity contribution in [2.75, 3.05) is 33.9 Å². The Morgan fingerprint density at radius 1 is 1.41 bits per heavy atom. The van der Waals surface area contributed by atoms with E-state index in [-0.39, 0.29) is 17.7 Å². The molecule has 2 atom stereocenters. The van der Waals surface area contributed by atoms with E-state index in [1.807, 2.05) is 6.07 Å². The molecule has 0 bridgehead atoms. The minimum atomic E-state index is -0.219. The number of aromatic nitrogens is 2. The summed E-state index contributed by atoms with van der Waals surface area (Å²) in [5, 5.41) is 6.70. The molecule has 0 aliphatic carbocycles. The minimum Gasteiger partial charge on any atom is -0.493 e. The maximum atomic E-state index is 12.4. The molecule has 2 aliphatic heterocycles. The van der Waals surface area contributed by atoms with E-state index in [4.69, 9.17) is 14.0 Å². The van der Waals surface area contributed by atoms with Crippen LogP contribution in [0.3, 0.4) is 0 Å². The zero-order valence-electron chi connectivity index (χ0n) is 15.6. The number of fused-ring (bicyclic) bond motifs is 1. The second-order valence-electron chi connectivity index (χ2n) is 7.04. The summed E-state index contributed by atoms with van der Waals surface area (Å²) in [7, 11) is 3.25. The van der Waals surface area contributed by atoms with Crippen LogP contribution in [-0.4, -0.2) is 54.8 Å². The Kier molecular flexibility index (Phi) is 5.09. The van der Waals surface area contributed by atoms with E-state index < -0.39 is 0 Å². The Bertz CT molecular complexity index is 822. The maximum absolute atomic E-state index is 12.4. The van der Waals surface area contributed by atoms with Crippen LogP contribution in [0.2, 0.25) is 0 Å². The third kappa shape index (κ3) is 3.68. The van der Waals surface area contributed by atoms with Crippen molar-refractivity contribution in [2.24, 2.45) is 5.92 Å². The van der Waals surface area contributed by atoms with E-state index in [1.165, 1.54) is 11.1 Å². The van der Waals surface area contributed by atoms with Crippen molar-refractivity contribution < 1.29 is 18.8 Å². The Morgan fingerprint density at radius 3 is 3.11 bits per heavy atom. The monoisotopic (exact) mass is 372 g/mol. The summed E-state index contributed by atoms with van der Waals surface area (Å²) >= 11 is 0. The van der Waals surface area contributed by atoms with Gasteiger partial charge in [-0.3, -0.25) is 9.69 Å². The lowest BCUT2D eigenvalue weighted by Crippen LogP contribution is -2.32. The Morgan fingerprint density at radius 2 is 2.30 bits per heavy atom. The van der Waals surface area contributed by atoms with E-state index in [2.05, 4.69) is 32.5 Å². The Hall–Kier alpha value is -2.45. The zero-order valence-corrected chi connectivity index (χ0v) is 15.6. The number of carbonyl (C=O) groups excluding carboxylic acids is 1. The van der Waals surface area contributed by atoms with Gasteiger partial charge in [-0.2, -0.15) is 4.98 Å². The molecule has 2 unspecified atom stereocenters. The molecule has 2 aromatic rings. The highest BCUT2D eigenvalue weighted by Gasteiger charge is 2.41. The lowest BCUT2D eigenvalue weighted by atomic mass is 9.95. The summed E-state index contributed by atoms with van der Waals surface area (Å²) in [6, 6.07) is 6.33. The van der Waals surface area contributed by atoms with Gasteiger partial charge in [0, 0.05) is 40.2 Å². The predicted molar refractivity (Wildman–Crippen MR) is 96.2 cm³/mol. The fourth-order valence-electron chi connectivity index (χ4n) is 3.92. The van der Waals surface area contributed by atoms with Crippen molar-refractivity contribution in [3.8, 4) is 5.75 Å². The Labute approximate surface area is 157 Å². The van der Waals surface area contributed by atoms with Crippen molar-refractivity contribution in [1.82, 2.24) is 20.4 Å². The third-order valence-electron chi connectivity index (χ3n) is 5.21. The molecule has 1 amide bonds. The number of hydrogen-bond donors (Lipinski definition) is 1. The maximum Gasteiger partial charge on any atom is 0.231 e. The van der Waals surface area contributed by atoms with Gasteiger partial charge in [-0.1, -0.05) is 17.3 Å². The van der Waals surface area contributed by atoms with Crippen LogP contribution < -0.4 is 10.1 Å². The number of benzene rings is 1. The second-order valence-corrected chi connectivity index (χ2v) is 7.04. The van der Waals surface area contributed by atoms with Gasteiger partial charge < -0.3 is 19.3 Å². The zero-order chi connectivity index (χ0) is 18.8. The first-order valence-electron chi connectivity index (χ1n) is 9.18. The molecule has 0 saturated carbocycles. The van der Waals surface area contributed by atoms with Crippen LogP contribution >= 0.6 is 0 Å². The summed E-state index contributed by atoms with van der Waals surface area (Å²) in [6.07, 6.45) is 0.955. The van der Waals surface area contributed by atoms with E-state index in [0.29, 0.717) is 31.4 Å². The standard InChI is InChI=1S/C19H24N4O4/c1-20-18(24)14-9-23(8-12-3-4-16-13(7-12)5-6-26-16)10-15(14)19-21-17(11-25-2)22-27-19/h3-4,7,14-15H,5-6,8-11H2,1-2H3,(H,20,24). The van der Waals surface area contributed by atoms with Crippen LogP contribution in [0.4, 0.5) is 0 Å². The summed E-state index contributed by atoms with van der Waals surface area (Å²) in [4.78, 5) is 19.1. The van der Waals surface area contributed by atoms with Gasteiger partial charge >= 0.3 is 0 Å². The molecule has 1 aromatic heterocycles. The fraction of sp³-hybridized carbons (Fsp3) is 0.526. The molecule has 8 nitrogen and oxygen atoms in total. The number of nitrogens with one attached hydrogen (secondary N) is 1. The van der Waals surface area contributed by atoms with Crippen molar-refractivity contribution in [1.29, 1.82) is 0 Å². The molecular formula is C19H24N4O4. The van der Waals surface area contributed by atoms with Gasteiger partial charge in [0.05, 0.1) is 18.4 Å². The number of ether oxygens (including phenoxy) is 2. The highest BCUT2D eigenvalue weighted by Crippen LogP contribution is 2.34. The van der Waals surface area contributed by atoms with Gasteiger partial charge in [0.15, 0.2) is 5.82 Å². The van der Waals surface area contributed by atoms with E-state index in [0.717, 1.165) is 25.3 Å². The van der Waals surface area contributed by atoms with Crippen LogP contribution in [0.25, 0.3) is 0 Å². The van der Waals surface area contributed by atoms with Crippen LogP contribution in [0, 0.1) is 5.92 Å². The smallest absolute Gasteiger partial charge is 0.231 e. The average molecular weight is 372 g/mol. The number of carbonyl (C=O) groups is 1. The van der Waals surface area contributed by atoms with E-state index >= 15 is 0 Å². The second kappa shape index (κ2) is 7.66. The summed E-state index contributed by atoms with van der Waals surface area (Å²) in [6.45, 7) is 3.17. The first-order valence-corrected chi connectivity index (χ1v) is 9.18. The lowest BCUT2D eigenvalue weighted by Gasteiger charge is -2.16. The van der Waals surface area contributed by atoms with Crippen molar-refractivity contribution >= 4 is 5.91 Å². The molecule has 0 radical (unpaired) electrons. The summed E-state index contributed by atoms with van der Waals surface area (Å²) in [5.41, 5.74) is 2.48. The fourth-order valence-corrected chi connectivity index (χ4v) is 3.92. The molecule has 1 N–H and O–H groups in total. The quantitative estimate of drug-likeness (QED) is 0.812. The first kappa shape index (κ1) is 17.9. The molecule has 3 heterocycles. The lowest BCUT2D eigenvalue weighted by molar-refractivity contribution is -0.124. The van der Waals surface area contributed by atoms with Gasteiger partial charge in [-0.05, 0) is 17.2 Å². The number of nitrogens with zero attached hydrogens (tertiary/aromatic N) is 3. The van der Waals surface area contributed by atoms with Gasteiger partial charge in [0.1, 0.15) is 12.4 Å². The van der Waals surface area contributed by atoms with Crippen molar-refractivity contribution in [3.63, 3.8) is 0 Å². The van der Waals surface area contributed by atoms with Crippen LogP contribution in [0.5, 0.6) is 5.75 Å². The highest BCUT2D eigenvalue weighted by atomic mass is 16.5. The molecule has 1 saturated heterocycles. The van der Waals surface area contributed by atoms with Crippen LogP contribution in [0.1, 0.15) is 28.8 Å².